The molecule has 2 amide bonds. The zero-order valence-corrected chi connectivity index (χ0v) is 29.4. The lowest BCUT2D eigenvalue weighted by atomic mass is 10.0. The Morgan fingerprint density at radius 1 is 1.12 bits per heavy atom. The second-order valence-electron chi connectivity index (χ2n) is 11.9. The molecule has 0 spiro atoms. The molecule has 15 heteroatoms. The summed E-state index contributed by atoms with van der Waals surface area (Å²) in [4.78, 5) is 64.4. The minimum absolute atomic E-state index is 0.0449. The number of nitrogens with one attached hydrogen (secondary N) is 1. The van der Waals surface area contributed by atoms with Gasteiger partial charge in [-0.2, -0.15) is 0 Å². The Kier molecular flexibility index (Phi) is 10.8. The molecule has 3 heterocycles. The number of halogens is 1. The first-order valence-corrected chi connectivity index (χ1v) is 17.3. The van der Waals surface area contributed by atoms with Crippen molar-refractivity contribution in [3.63, 3.8) is 0 Å². The van der Waals surface area contributed by atoms with E-state index in [1.54, 1.807) is 20.8 Å². The number of thiazole rings is 1. The summed E-state index contributed by atoms with van der Waals surface area (Å²) in [6.45, 7) is 10.3. The van der Waals surface area contributed by atoms with Crippen LogP contribution >= 0.6 is 34.7 Å². The van der Waals surface area contributed by atoms with Crippen molar-refractivity contribution in [2.45, 2.75) is 56.9 Å². The van der Waals surface area contributed by atoms with Gasteiger partial charge in [-0.25, -0.2) is 14.6 Å². The number of oxime groups is 1. The number of nitrogens with two attached hydrogens (primary N) is 1. The van der Waals surface area contributed by atoms with Gasteiger partial charge in [0.2, 0.25) is 6.10 Å². The van der Waals surface area contributed by atoms with Crippen molar-refractivity contribution < 1.29 is 33.5 Å². The summed E-state index contributed by atoms with van der Waals surface area (Å²) in [6, 6.07) is 17.5. The van der Waals surface area contributed by atoms with Gasteiger partial charge in [0.25, 0.3) is 11.8 Å². The van der Waals surface area contributed by atoms with Crippen LogP contribution in [0.15, 0.2) is 89.7 Å². The van der Waals surface area contributed by atoms with Crippen LogP contribution in [0, 0.1) is 0 Å². The summed E-state index contributed by atoms with van der Waals surface area (Å²) in [5.41, 5.74) is 6.60. The van der Waals surface area contributed by atoms with Gasteiger partial charge < -0.3 is 25.4 Å². The summed E-state index contributed by atoms with van der Waals surface area (Å²) >= 11 is 8.55. The predicted molar refractivity (Wildman–Crippen MR) is 188 cm³/mol. The number of carbonyl (C=O) groups excluding carboxylic acids is 4. The third-order valence-corrected chi connectivity index (χ3v) is 9.62. The minimum Gasteiger partial charge on any atom is -0.457 e. The van der Waals surface area contributed by atoms with E-state index in [0.717, 1.165) is 22.5 Å². The number of anilines is 1. The van der Waals surface area contributed by atoms with Gasteiger partial charge in [0.1, 0.15) is 32.7 Å². The van der Waals surface area contributed by atoms with Crippen LogP contribution in [0.4, 0.5) is 5.13 Å². The van der Waals surface area contributed by atoms with Crippen LogP contribution in [0.5, 0.6) is 0 Å². The number of allylic oxidation sites excluding steroid dienone is 1. The second-order valence-corrected chi connectivity index (χ2v) is 14.7. The predicted octanol–water partition coefficient (Wildman–Crippen LogP) is 5.00. The third kappa shape index (κ3) is 7.98. The molecule has 2 aromatic carbocycles. The number of β-lactam (4-membered cyclic amide) rings is 1. The van der Waals surface area contributed by atoms with E-state index in [-0.39, 0.29) is 20.9 Å². The molecule has 3 atom stereocenters. The molecule has 0 radical (unpaired) electrons. The molecule has 3 N–H and O–H groups in total. The van der Waals surface area contributed by atoms with E-state index in [9.17, 15) is 19.2 Å². The van der Waals surface area contributed by atoms with Crippen LogP contribution in [0.1, 0.15) is 50.6 Å². The average Bonchev–Trinajstić information content (AvgIpc) is 3.41. The highest BCUT2D eigenvalue weighted by Crippen LogP contribution is 2.42. The van der Waals surface area contributed by atoms with Crippen molar-refractivity contribution in [2.75, 3.05) is 11.5 Å². The van der Waals surface area contributed by atoms with Crippen molar-refractivity contribution >= 4 is 69.3 Å². The Hall–Kier alpha value is -4.66. The number of benzene rings is 2. The van der Waals surface area contributed by atoms with E-state index in [0.29, 0.717) is 11.3 Å². The largest absolute Gasteiger partial charge is 0.457 e. The molecule has 12 nitrogen and oxygen atoms in total. The Balaban J connectivity index is 1.37. The van der Waals surface area contributed by atoms with Gasteiger partial charge in [-0.15, -0.1) is 11.8 Å². The summed E-state index contributed by atoms with van der Waals surface area (Å²) in [6.07, 6.45) is -0.426. The zero-order chi connectivity index (χ0) is 35.5. The maximum Gasteiger partial charge on any atom is 0.356 e. The van der Waals surface area contributed by atoms with Crippen LogP contribution in [0.3, 0.4) is 0 Å². The van der Waals surface area contributed by atoms with Gasteiger partial charge in [0.05, 0.1) is 0 Å². The number of hydrogen-bond donors (Lipinski definition) is 2. The monoisotopic (exact) mass is 723 g/mol. The van der Waals surface area contributed by atoms with Gasteiger partial charge in [0.15, 0.2) is 16.9 Å². The number of hydrogen-bond acceptors (Lipinski definition) is 12. The number of carbonyl (C=O) groups is 4. The number of aromatic nitrogens is 1. The fraction of sp³-hybridized carbons (Fsp3) is 0.294. The summed E-state index contributed by atoms with van der Waals surface area (Å²) in [5, 5.41) is 5.96. The quantitative estimate of drug-likeness (QED) is 0.119. The number of esters is 2. The fourth-order valence-electron chi connectivity index (χ4n) is 4.96. The normalized spacial score (nSPS) is 18.3. The van der Waals surface area contributed by atoms with Gasteiger partial charge in [0, 0.05) is 5.75 Å². The lowest BCUT2D eigenvalue weighted by molar-refractivity contribution is -0.167. The standard InChI is InChI=1S/C34H34ClN5O7S2/c1-6-19-17-48-30-24(37-28(41)23(22-27(35)49-33(36)38-22)39-47-18(2)31(43)46-34(3,4)5)29(42)40(30)25(19)32(44)45-26(20-13-9-7-10-14-20)21-15-11-8-12-16-21/h6-16,18,24,26,30H,1,17H2,2-5H3,(H2,36,38)(H,37,41)/t18?,24?,30-/m0/s1. The molecular weight excluding hydrogens is 690 g/mol. The van der Waals surface area contributed by atoms with Crippen molar-refractivity contribution in [1.82, 2.24) is 15.2 Å². The Morgan fingerprint density at radius 2 is 1.73 bits per heavy atom. The number of fused-ring (bicyclic) bond motifs is 1. The lowest BCUT2D eigenvalue weighted by Crippen LogP contribution is -2.71. The van der Waals surface area contributed by atoms with Crippen LogP contribution in [0.25, 0.3) is 0 Å². The van der Waals surface area contributed by atoms with Crippen molar-refractivity contribution in [3.05, 3.63) is 106 Å². The molecule has 2 aliphatic heterocycles. The van der Waals surface area contributed by atoms with Gasteiger partial charge in [-0.1, -0.05) is 101 Å². The molecule has 1 fully saturated rings. The molecule has 5 rings (SSSR count). The molecule has 0 aliphatic carbocycles. The van der Waals surface area contributed by atoms with E-state index in [1.807, 2.05) is 60.7 Å². The molecule has 2 unspecified atom stereocenters. The van der Waals surface area contributed by atoms with E-state index >= 15 is 0 Å². The van der Waals surface area contributed by atoms with Crippen molar-refractivity contribution in [1.29, 1.82) is 0 Å². The maximum absolute atomic E-state index is 13.9. The third-order valence-electron chi connectivity index (χ3n) is 7.24. The minimum atomic E-state index is -1.20. The molecule has 1 aromatic heterocycles. The number of nitrogens with zero attached hydrogens (tertiary/aromatic N) is 3. The van der Waals surface area contributed by atoms with Crippen LogP contribution in [0.2, 0.25) is 4.34 Å². The van der Waals surface area contributed by atoms with E-state index in [4.69, 9.17) is 31.6 Å². The Labute approximate surface area is 296 Å². The smallest absolute Gasteiger partial charge is 0.356 e. The lowest BCUT2D eigenvalue weighted by Gasteiger charge is -2.49. The summed E-state index contributed by atoms with van der Waals surface area (Å²) < 4.78 is 11.4. The SMILES string of the molecule is C=CC1=C(C(=O)OC(c2ccccc2)c2ccccc2)N2C(=O)C(NC(=O)C(=NOC(C)C(=O)OC(C)(C)C)c3nc(N)sc3Cl)[C@@H]2SC1. The molecule has 256 valence electrons. The molecular formula is C34H34ClN5O7S2. The van der Waals surface area contributed by atoms with Gasteiger partial charge in [-0.05, 0) is 44.4 Å². The highest BCUT2D eigenvalue weighted by molar-refractivity contribution is 8.00. The first-order chi connectivity index (χ1) is 23.3. The highest BCUT2D eigenvalue weighted by atomic mass is 35.5. The second kappa shape index (κ2) is 14.8. The first-order valence-electron chi connectivity index (χ1n) is 15.1. The van der Waals surface area contributed by atoms with Gasteiger partial charge >= 0.3 is 11.9 Å². The molecule has 3 aromatic rings. The van der Waals surface area contributed by atoms with E-state index in [1.165, 1.54) is 29.7 Å². The average molecular weight is 724 g/mol. The number of nitrogen functional groups attached to an aromatic ring is 1. The van der Waals surface area contributed by atoms with Crippen LogP contribution < -0.4 is 11.1 Å². The maximum atomic E-state index is 13.9. The fourth-order valence-corrected chi connectivity index (χ4v) is 7.23. The number of ether oxygens (including phenoxy) is 2. The Morgan fingerprint density at radius 3 is 2.27 bits per heavy atom. The molecule has 49 heavy (non-hydrogen) atoms. The number of rotatable bonds is 11. The molecule has 2 aliphatic rings. The van der Waals surface area contributed by atoms with Crippen molar-refractivity contribution in [2.24, 2.45) is 5.16 Å². The molecule has 1 saturated heterocycles. The topological polar surface area (TPSA) is 163 Å². The van der Waals surface area contributed by atoms with Crippen molar-refractivity contribution in [3.8, 4) is 0 Å². The highest BCUT2D eigenvalue weighted by Gasteiger charge is 2.54. The van der Waals surface area contributed by atoms with E-state index in [2.05, 4.69) is 22.0 Å². The molecule has 0 saturated carbocycles. The zero-order valence-electron chi connectivity index (χ0n) is 27.0. The van der Waals surface area contributed by atoms with Gasteiger partial charge in [-0.3, -0.25) is 14.5 Å². The number of thioether (sulfide) groups is 1. The summed E-state index contributed by atoms with van der Waals surface area (Å²) in [7, 11) is 0. The molecule has 0 bridgehead atoms. The Bertz CT molecular complexity index is 1790. The first kappa shape index (κ1) is 35.6. The summed E-state index contributed by atoms with van der Waals surface area (Å²) in [5.74, 6) is -2.53. The van der Waals surface area contributed by atoms with Crippen LogP contribution in [-0.2, 0) is 33.5 Å². The number of amides is 2. The van der Waals surface area contributed by atoms with E-state index < -0.39 is 58.7 Å². The van der Waals surface area contributed by atoms with Crippen LogP contribution in [-0.4, -0.2) is 68.2 Å².